The third kappa shape index (κ3) is 7.54. The molecule has 33 heavy (non-hydrogen) atoms. The molecule has 2 aromatic rings. The number of hydrogen-bond donors (Lipinski definition) is 4. The average Bonchev–Trinajstić information content (AvgIpc) is 2.81. The number of anilines is 2. The Morgan fingerprint density at radius 3 is 1.30 bits per heavy atom. The Bertz CT molecular complexity index is 1100. The molecule has 0 atom stereocenters. The van der Waals surface area contributed by atoms with Gasteiger partial charge in [-0.1, -0.05) is 48.6 Å². The van der Waals surface area contributed by atoms with E-state index in [9.17, 15) is 9.59 Å². The Hall–Kier alpha value is -4.06. The summed E-state index contributed by atoms with van der Waals surface area (Å²) >= 11 is 0. The van der Waals surface area contributed by atoms with Crippen LogP contribution in [-0.2, 0) is 26.7 Å². The van der Waals surface area contributed by atoms with E-state index in [1.165, 1.54) is 24.3 Å². The van der Waals surface area contributed by atoms with Crippen LogP contribution in [0, 0.1) is 0 Å². The second-order valence-corrected chi connectivity index (χ2v) is 6.69. The number of rotatable bonds is 4. The number of aromatic hydroxyl groups is 2. The molecular weight excluding hydrogens is 460 g/mol. The molecule has 4 rings (SSSR count). The Morgan fingerprint density at radius 2 is 0.939 bits per heavy atom. The molecule has 0 radical (unpaired) electrons. The van der Waals surface area contributed by atoms with Crippen LogP contribution in [0.1, 0.15) is 0 Å². The van der Waals surface area contributed by atoms with Gasteiger partial charge in [-0.25, -0.2) is 0 Å². The number of hydrogen-bond acceptors (Lipinski definition) is 6. The van der Waals surface area contributed by atoms with Gasteiger partial charge < -0.3 is 20.8 Å². The zero-order valence-corrected chi connectivity index (χ0v) is 18.6. The minimum absolute atomic E-state index is 0. The second kappa shape index (κ2) is 12.7. The maximum atomic E-state index is 11.7. The van der Waals surface area contributed by atoms with Gasteiger partial charge in [-0.2, -0.15) is 0 Å². The minimum Gasteiger partial charge on any atom is -0.504 e. The van der Waals surface area contributed by atoms with Crippen molar-refractivity contribution in [3.63, 3.8) is 0 Å². The van der Waals surface area contributed by atoms with Gasteiger partial charge in [-0.05, 0) is 48.6 Å². The summed E-state index contributed by atoms with van der Waals surface area (Å²) in [5.41, 5.74) is 2.78. The maximum Gasteiger partial charge on any atom is 0.187 e. The first-order valence-electron chi connectivity index (χ1n) is 9.82. The second-order valence-electron chi connectivity index (χ2n) is 6.69. The number of carbonyl (C=O) groups excluding carboxylic acids is 2. The van der Waals surface area contributed by atoms with Crippen molar-refractivity contribution in [1.29, 1.82) is 0 Å². The molecule has 0 amide bonds. The molecule has 0 saturated heterocycles. The van der Waals surface area contributed by atoms with Crippen LogP contribution >= 0.6 is 0 Å². The SMILES string of the molecule is O=C1C=CC=CC1=CNc1ccccc1NC=C1C=CC=CC1=O.Oc1ccccc1O.[Fe]. The maximum absolute atomic E-state index is 11.7. The van der Waals surface area contributed by atoms with Crippen LogP contribution in [0.25, 0.3) is 0 Å². The van der Waals surface area contributed by atoms with Crippen LogP contribution in [-0.4, -0.2) is 21.8 Å². The van der Waals surface area contributed by atoms with Gasteiger partial charge in [-0.3, -0.25) is 9.59 Å². The van der Waals surface area contributed by atoms with E-state index in [-0.39, 0.29) is 40.1 Å². The molecule has 6 nitrogen and oxygen atoms in total. The van der Waals surface area contributed by atoms with Crippen LogP contribution in [0.3, 0.4) is 0 Å². The molecule has 0 saturated carbocycles. The quantitative estimate of drug-likeness (QED) is 0.285. The fourth-order valence-electron chi connectivity index (χ4n) is 2.71. The molecule has 0 bridgehead atoms. The van der Waals surface area contributed by atoms with Gasteiger partial charge in [0.1, 0.15) is 0 Å². The Kier molecular flexibility index (Phi) is 9.71. The van der Waals surface area contributed by atoms with E-state index in [1.54, 1.807) is 48.8 Å². The standard InChI is InChI=1S/C20H16N2O2.C6H6O2.Fe/c23-19-11-5-1-7-15(19)13-21-17-9-3-4-10-18(17)22-14-16-8-2-6-12-20(16)24;7-5-3-1-2-4-6(5)8;/h1-14,21-22H;1-4,7-8H;. The first kappa shape index (κ1) is 25.2. The summed E-state index contributed by atoms with van der Waals surface area (Å²) in [6.07, 6.45) is 17.0. The molecule has 2 aromatic carbocycles. The van der Waals surface area contributed by atoms with Crippen LogP contribution in [0.15, 0.2) is 121 Å². The van der Waals surface area contributed by atoms with E-state index < -0.39 is 0 Å². The van der Waals surface area contributed by atoms with Gasteiger partial charge >= 0.3 is 0 Å². The van der Waals surface area contributed by atoms with Crippen LogP contribution < -0.4 is 10.6 Å². The molecule has 0 heterocycles. The van der Waals surface area contributed by atoms with Gasteiger partial charge in [-0.15, -0.1) is 0 Å². The monoisotopic (exact) mass is 482 g/mol. The summed E-state index contributed by atoms with van der Waals surface area (Å²) in [4.78, 5) is 23.5. The molecule has 0 fully saturated rings. The zero-order valence-electron chi connectivity index (χ0n) is 17.5. The van der Waals surface area contributed by atoms with E-state index in [0.717, 1.165) is 11.4 Å². The van der Waals surface area contributed by atoms with Gasteiger partial charge in [0.25, 0.3) is 0 Å². The third-order valence-corrected chi connectivity index (χ3v) is 4.41. The van der Waals surface area contributed by atoms with Crippen LogP contribution in [0.4, 0.5) is 11.4 Å². The van der Waals surface area contributed by atoms with E-state index in [4.69, 9.17) is 10.2 Å². The van der Waals surface area contributed by atoms with Crippen molar-refractivity contribution < 1.29 is 36.9 Å². The zero-order chi connectivity index (χ0) is 22.8. The molecule has 2 aliphatic rings. The molecule has 0 spiro atoms. The van der Waals surface area contributed by atoms with Crippen molar-refractivity contribution in [2.24, 2.45) is 0 Å². The normalized spacial score (nSPS) is 16.2. The summed E-state index contributed by atoms with van der Waals surface area (Å²) in [6.45, 7) is 0. The number of ketones is 2. The number of carbonyl (C=O) groups is 2. The summed E-state index contributed by atoms with van der Waals surface area (Å²) in [5, 5.41) is 23.6. The van der Waals surface area contributed by atoms with Gasteiger partial charge in [0.2, 0.25) is 0 Å². The van der Waals surface area contributed by atoms with E-state index >= 15 is 0 Å². The summed E-state index contributed by atoms with van der Waals surface area (Å²) in [6, 6.07) is 13.7. The summed E-state index contributed by atoms with van der Waals surface area (Å²) < 4.78 is 0. The number of para-hydroxylation sites is 4. The van der Waals surface area contributed by atoms with Crippen molar-refractivity contribution in [3.8, 4) is 11.5 Å². The minimum atomic E-state index is -0.0764. The average molecular weight is 482 g/mol. The van der Waals surface area contributed by atoms with Crippen molar-refractivity contribution in [1.82, 2.24) is 0 Å². The summed E-state index contributed by atoms with van der Waals surface area (Å²) in [7, 11) is 0. The Morgan fingerprint density at radius 1 is 0.576 bits per heavy atom. The van der Waals surface area contributed by atoms with Gasteiger partial charge in [0, 0.05) is 40.6 Å². The van der Waals surface area contributed by atoms with Crippen molar-refractivity contribution >= 4 is 22.9 Å². The molecule has 0 aliphatic heterocycles. The van der Waals surface area contributed by atoms with Gasteiger partial charge in [0.15, 0.2) is 23.1 Å². The largest absolute Gasteiger partial charge is 0.504 e. The fourth-order valence-corrected chi connectivity index (χ4v) is 2.71. The van der Waals surface area contributed by atoms with Crippen LogP contribution in [0.5, 0.6) is 11.5 Å². The van der Waals surface area contributed by atoms with E-state index in [0.29, 0.717) is 11.1 Å². The van der Waals surface area contributed by atoms with Crippen molar-refractivity contribution in [2.75, 3.05) is 10.6 Å². The summed E-state index contributed by atoms with van der Waals surface area (Å²) in [5.74, 6) is -0.232. The van der Waals surface area contributed by atoms with Gasteiger partial charge in [0.05, 0.1) is 11.4 Å². The number of nitrogens with one attached hydrogen (secondary N) is 2. The number of allylic oxidation sites excluding steroid dienone is 10. The fraction of sp³-hybridized carbons (Fsp3) is 0. The number of phenolic OH excluding ortho intramolecular Hbond substituents is 2. The molecular formula is C26H22FeN2O4. The molecule has 168 valence electrons. The first-order valence-corrected chi connectivity index (χ1v) is 9.82. The molecule has 4 N–H and O–H groups in total. The molecule has 0 unspecified atom stereocenters. The van der Waals surface area contributed by atoms with Crippen LogP contribution in [0.2, 0.25) is 0 Å². The Balaban J connectivity index is 0.000000364. The Labute approximate surface area is 202 Å². The number of phenols is 2. The molecule has 7 heteroatoms. The molecule has 2 aliphatic carbocycles. The topological polar surface area (TPSA) is 98.7 Å². The first-order chi connectivity index (χ1) is 15.5. The smallest absolute Gasteiger partial charge is 0.187 e. The number of benzene rings is 2. The van der Waals surface area contributed by atoms with E-state index in [2.05, 4.69) is 10.6 Å². The molecule has 0 aromatic heterocycles. The third-order valence-electron chi connectivity index (χ3n) is 4.41. The van der Waals surface area contributed by atoms with Crippen molar-refractivity contribution in [3.05, 3.63) is 121 Å². The predicted molar refractivity (Wildman–Crippen MR) is 126 cm³/mol. The van der Waals surface area contributed by atoms with E-state index in [1.807, 2.05) is 36.4 Å². The predicted octanol–water partition coefficient (Wildman–Crippen LogP) is 4.76. The van der Waals surface area contributed by atoms with Crippen molar-refractivity contribution in [2.45, 2.75) is 0 Å².